The molecule has 0 unspecified atom stereocenters. The van der Waals surface area contributed by atoms with Crippen LogP contribution in [0.2, 0.25) is 0 Å². The summed E-state index contributed by atoms with van der Waals surface area (Å²) in [5.41, 5.74) is 1.30. The van der Waals surface area contributed by atoms with Crippen molar-refractivity contribution in [1.82, 2.24) is 10.6 Å². The van der Waals surface area contributed by atoms with Gasteiger partial charge in [0, 0.05) is 18.2 Å². The van der Waals surface area contributed by atoms with E-state index in [1.54, 1.807) is 11.8 Å². The van der Waals surface area contributed by atoms with E-state index in [2.05, 4.69) is 10.6 Å². The summed E-state index contributed by atoms with van der Waals surface area (Å²) in [5.74, 6) is 0.368. The second-order valence-electron chi connectivity index (χ2n) is 5.28. The number of ether oxygens (including phenoxy) is 1. The van der Waals surface area contributed by atoms with E-state index in [1.807, 2.05) is 24.3 Å². The maximum atomic E-state index is 11.8. The molecular weight excluding hydrogens is 270 g/mol. The van der Waals surface area contributed by atoms with Crippen molar-refractivity contribution >= 4 is 0 Å². The van der Waals surface area contributed by atoms with Crippen molar-refractivity contribution in [2.24, 2.45) is 0 Å². The van der Waals surface area contributed by atoms with Gasteiger partial charge in [0.15, 0.2) is 5.95 Å². The van der Waals surface area contributed by atoms with E-state index < -0.39 is 5.95 Å². The number of hydrogen-bond acceptors (Lipinski definition) is 5. The molecule has 112 valence electrons. The van der Waals surface area contributed by atoms with Gasteiger partial charge in [0.05, 0.1) is 18.9 Å². The average molecular weight is 289 g/mol. The Morgan fingerprint density at radius 2 is 2.05 bits per heavy atom. The van der Waals surface area contributed by atoms with Crippen LogP contribution in [0.5, 0.6) is 11.7 Å². The first kappa shape index (κ1) is 13.9. The minimum absolute atomic E-state index is 0.392. The lowest BCUT2D eigenvalue weighted by molar-refractivity contribution is -0.677. The molecule has 1 saturated carbocycles. The molecule has 1 aliphatic carbocycles. The highest BCUT2D eigenvalue weighted by molar-refractivity contribution is 5.31. The summed E-state index contributed by atoms with van der Waals surface area (Å²) in [6.07, 6.45) is 4.85. The number of hydrogen-bond donors (Lipinski definition) is 1. The molecule has 0 bridgehead atoms. The van der Waals surface area contributed by atoms with Crippen molar-refractivity contribution in [3.63, 3.8) is 0 Å². The molecule has 1 heterocycles. The lowest BCUT2D eigenvalue weighted by Crippen LogP contribution is -2.40. The molecule has 21 heavy (non-hydrogen) atoms. The summed E-state index contributed by atoms with van der Waals surface area (Å²) in [6, 6.07) is 7.84. The first-order valence-electron chi connectivity index (χ1n) is 7.23. The fourth-order valence-corrected chi connectivity index (χ4v) is 2.71. The van der Waals surface area contributed by atoms with Gasteiger partial charge in [-0.1, -0.05) is 12.8 Å². The number of methoxy groups -OCH3 is 1. The predicted molar refractivity (Wildman–Crippen MR) is 73.1 cm³/mol. The van der Waals surface area contributed by atoms with Gasteiger partial charge in [-0.15, -0.1) is 0 Å². The average Bonchev–Trinajstić information content (AvgIpc) is 3.15. The second-order valence-corrected chi connectivity index (χ2v) is 5.28. The van der Waals surface area contributed by atoms with Crippen molar-refractivity contribution in [2.45, 2.75) is 38.3 Å². The minimum atomic E-state index is -0.392. The highest BCUT2D eigenvalue weighted by Crippen LogP contribution is 2.19. The smallest absolute Gasteiger partial charge is 0.253 e. The van der Waals surface area contributed by atoms with Crippen LogP contribution in [0.1, 0.15) is 31.4 Å². The number of nitrogens with zero attached hydrogens (tertiary/aromatic N) is 2. The number of benzene rings is 1. The van der Waals surface area contributed by atoms with E-state index in [0.717, 1.165) is 11.4 Å². The summed E-state index contributed by atoms with van der Waals surface area (Å²) >= 11 is 0. The normalized spacial score (nSPS) is 15.5. The summed E-state index contributed by atoms with van der Waals surface area (Å²) in [4.78, 5) is 0. The van der Waals surface area contributed by atoms with Gasteiger partial charge < -0.3 is 19.7 Å². The quantitative estimate of drug-likeness (QED) is 0.833. The molecule has 0 atom stereocenters. The topological polar surface area (TPSA) is 74.2 Å². The Hall–Kier alpha value is -2.08. The fraction of sp³-hybridized carbons (Fsp3) is 0.467. The molecule has 0 amide bonds. The van der Waals surface area contributed by atoms with E-state index >= 15 is 0 Å². The number of aromatic nitrogens is 2. The molecule has 3 rings (SSSR count). The zero-order valence-electron chi connectivity index (χ0n) is 12.0. The van der Waals surface area contributed by atoms with Gasteiger partial charge in [-0.2, -0.15) is 0 Å². The Labute approximate surface area is 123 Å². The molecule has 1 aliphatic rings. The molecule has 0 spiro atoms. The molecule has 0 radical (unpaired) electrons. The first-order chi connectivity index (χ1) is 10.3. The Kier molecular flexibility index (Phi) is 4.06. The molecule has 0 saturated heterocycles. The zero-order chi connectivity index (χ0) is 14.7. The number of nitrogens with one attached hydrogen (secondary N) is 1. The molecule has 6 nitrogen and oxygen atoms in total. The third-order valence-electron chi connectivity index (χ3n) is 3.93. The zero-order valence-corrected chi connectivity index (χ0v) is 12.0. The molecule has 1 N–H and O–H groups in total. The van der Waals surface area contributed by atoms with Crippen LogP contribution in [0.3, 0.4) is 0 Å². The molecule has 1 aromatic heterocycles. The van der Waals surface area contributed by atoms with Gasteiger partial charge in [0.25, 0.3) is 5.69 Å². The molecule has 1 fully saturated rings. The van der Waals surface area contributed by atoms with Crippen LogP contribution in [0.25, 0.3) is 5.69 Å². The van der Waals surface area contributed by atoms with Gasteiger partial charge >= 0.3 is 0 Å². The lowest BCUT2D eigenvalue weighted by atomic mass is 10.2. The summed E-state index contributed by atoms with van der Waals surface area (Å²) in [6.45, 7) is 0.471. The van der Waals surface area contributed by atoms with Crippen LogP contribution < -0.4 is 19.8 Å². The van der Waals surface area contributed by atoms with Crippen LogP contribution >= 0.6 is 0 Å². The van der Waals surface area contributed by atoms with E-state index in [0.29, 0.717) is 18.3 Å². The summed E-state index contributed by atoms with van der Waals surface area (Å²) in [7, 11) is 1.62. The van der Waals surface area contributed by atoms with Crippen LogP contribution in [0.15, 0.2) is 28.8 Å². The van der Waals surface area contributed by atoms with Crippen molar-refractivity contribution < 1.29 is 19.0 Å². The van der Waals surface area contributed by atoms with Crippen LogP contribution in [0, 0.1) is 0 Å². The number of rotatable bonds is 5. The van der Waals surface area contributed by atoms with Gasteiger partial charge in [0.2, 0.25) is 5.69 Å². The SMILES string of the molecule is COc1ccc(-[n+]2noc([O-])c2CNC2CCCC2)cc1. The predicted octanol–water partition coefficient (Wildman–Crippen LogP) is 1.07. The fourth-order valence-electron chi connectivity index (χ4n) is 2.71. The van der Waals surface area contributed by atoms with E-state index in [4.69, 9.17) is 9.26 Å². The molecule has 1 aromatic carbocycles. The van der Waals surface area contributed by atoms with E-state index in [9.17, 15) is 5.11 Å². The van der Waals surface area contributed by atoms with Crippen LogP contribution in [-0.4, -0.2) is 18.4 Å². The van der Waals surface area contributed by atoms with Gasteiger partial charge in [-0.3, -0.25) is 0 Å². The van der Waals surface area contributed by atoms with Gasteiger partial charge in [-0.25, -0.2) is 0 Å². The monoisotopic (exact) mass is 289 g/mol. The van der Waals surface area contributed by atoms with Gasteiger partial charge in [-0.05, 0) is 29.7 Å². The van der Waals surface area contributed by atoms with Gasteiger partial charge in [0.1, 0.15) is 5.75 Å². The molecule has 2 aromatic rings. The lowest BCUT2D eigenvalue weighted by Gasteiger charge is -2.09. The molecule has 0 aliphatic heterocycles. The highest BCUT2D eigenvalue weighted by Gasteiger charge is 2.22. The maximum Gasteiger partial charge on any atom is 0.253 e. The van der Waals surface area contributed by atoms with E-state index in [1.165, 1.54) is 25.7 Å². The first-order valence-corrected chi connectivity index (χ1v) is 7.23. The third kappa shape index (κ3) is 3.00. The molecule has 6 heteroatoms. The third-order valence-corrected chi connectivity index (χ3v) is 3.93. The summed E-state index contributed by atoms with van der Waals surface area (Å²) in [5, 5.41) is 19.1. The van der Waals surface area contributed by atoms with Crippen molar-refractivity contribution in [1.29, 1.82) is 0 Å². The Bertz CT molecular complexity index is 589. The van der Waals surface area contributed by atoms with E-state index in [-0.39, 0.29) is 0 Å². The summed E-state index contributed by atoms with van der Waals surface area (Å²) < 4.78 is 11.5. The Morgan fingerprint density at radius 3 is 2.71 bits per heavy atom. The minimum Gasteiger partial charge on any atom is -0.539 e. The Morgan fingerprint density at radius 1 is 1.33 bits per heavy atom. The standard InChI is InChI=1S/C15H19N3O3/c1-20-13-8-6-12(7-9-13)18-14(15(19)21-17-18)10-16-11-4-2-3-5-11/h6-9,11,16H,2-5,10H2,1H3. The highest BCUT2D eigenvalue weighted by atomic mass is 16.6. The van der Waals surface area contributed by atoms with Crippen molar-refractivity contribution in [3.8, 4) is 17.4 Å². The van der Waals surface area contributed by atoms with Crippen molar-refractivity contribution in [3.05, 3.63) is 30.0 Å². The maximum absolute atomic E-state index is 11.8. The van der Waals surface area contributed by atoms with Crippen LogP contribution in [-0.2, 0) is 6.54 Å². The Balaban J connectivity index is 1.78. The second kappa shape index (κ2) is 6.13. The molecular formula is C15H19N3O3. The largest absolute Gasteiger partial charge is 0.539 e. The van der Waals surface area contributed by atoms with Crippen LogP contribution in [0.4, 0.5) is 0 Å². The van der Waals surface area contributed by atoms with Crippen molar-refractivity contribution in [2.75, 3.05) is 7.11 Å².